The third kappa shape index (κ3) is 48.1. The Kier molecular flexibility index (Phi) is 48.4. The van der Waals surface area contributed by atoms with Crippen molar-refractivity contribution in [2.45, 2.75) is 264 Å². The second kappa shape index (κ2) is 50.8. The fraction of sp³-hybridized carbons (Fsp3) is 0.768. The van der Waals surface area contributed by atoms with Gasteiger partial charge in [0.25, 0.3) is 0 Å². The van der Waals surface area contributed by atoms with Crippen LogP contribution in [0.15, 0.2) is 60.8 Å². The molecule has 0 aliphatic rings. The van der Waals surface area contributed by atoms with Crippen molar-refractivity contribution in [2.24, 2.45) is 0 Å². The van der Waals surface area contributed by atoms with Gasteiger partial charge in [0, 0.05) is 19.3 Å². The molecule has 1 atom stereocenters. The predicted molar refractivity (Wildman–Crippen MR) is 265 cm³/mol. The summed E-state index contributed by atoms with van der Waals surface area (Å²) in [6.45, 7) is 6.44. The van der Waals surface area contributed by atoms with Gasteiger partial charge in [0.2, 0.25) is 0 Å². The SMILES string of the molecule is CC/C=C\C/C=C\C/C=C\C/C=C\C/C=C\CCCCCCCCCCCCCC(=O)OCC(COC(=O)CCCCCCC)OC(=O)CCCCCCCCCCCCCC. The van der Waals surface area contributed by atoms with Crippen LogP contribution in [0.2, 0.25) is 0 Å². The molecule has 0 spiro atoms. The highest BCUT2D eigenvalue weighted by molar-refractivity contribution is 5.71. The second-order valence-electron chi connectivity index (χ2n) is 17.4. The first-order chi connectivity index (χ1) is 30.5. The number of unbranched alkanes of at least 4 members (excludes halogenated alkanes) is 26. The van der Waals surface area contributed by atoms with E-state index in [9.17, 15) is 14.4 Å². The van der Waals surface area contributed by atoms with E-state index in [-0.39, 0.29) is 31.1 Å². The second-order valence-corrected chi connectivity index (χ2v) is 17.4. The molecule has 0 saturated heterocycles. The van der Waals surface area contributed by atoms with Crippen LogP contribution in [0.3, 0.4) is 0 Å². The number of esters is 3. The lowest BCUT2D eigenvalue weighted by atomic mass is 10.0. The minimum atomic E-state index is -0.767. The van der Waals surface area contributed by atoms with Gasteiger partial charge >= 0.3 is 17.9 Å². The highest BCUT2D eigenvalue weighted by Crippen LogP contribution is 2.15. The molecule has 358 valence electrons. The Labute approximate surface area is 383 Å². The summed E-state index contributed by atoms with van der Waals surface area (Å²) in [5.41, 5.74) is 0. The van der Waals surface area contributed by atoms with E-state index < -0.39 is 6.10 Å². The summed E-state index contributed by atoms with van der Waals surface area (Å²) in [7, 11) is 0. The summed E-state index contributed by atoms with van der Waals surface area (Å²) >= 11 is 0. The van der Waals surface area contributed by atoms with Crippen LogP contribution in [0.25, 0.3) is 0 Å². The van der Waals surface area contributed by atoms with E-state index in [4.69, 9.17) is 14.2 Å². The number of hydrogen-bond donors (Lipinski definition) is 0. The van der Waals surface area contributed by atoms with Crippen LogP contribution in [0.1, 0.15) is 258 Å². The molecule has 0 aliphatic heterocycles. The molecule has 0 aromatic rings. The van der Waals surface area contributed by atoms with Gasteiger partial charge in [-0.25, -0.2) is 0 Å². The van der Waals surface area contributed by atoms with Crippen LogP contribution in [0.5, 0.6) is 0 Å². The zero-order valence-electron chi connectivity index (χ0n) is 40.9. The predicted octanol–water partition coefficient (Wildman–Crippen LogP) is 17.3. The zero-order chi connectivity index (χ0) is 45.1. The molecule has 0 heterocycles. The first kappa shape index (κ1) is 59.1. The molecule has 6 nitrogen and oxygen atoms in total. The molecule has 1 unspecified atom stereocenters. The summed E-state index contributed by atoms with van der Waals surface area (Å²) in [5.74, 6) is -0.885. The summed E-state index contributed by atoms with van der Waals surface area (Å²) in [6, 6.07) is 0. The molecule has 0 aliphatic carbocycles. The molecule has 0 rings (SSSR count). The Bertz CT molecular complexity index is 1130. The number of rotatable bonds is 47. The maximum Gasteiger partial charge on any atom is 0.306 e. The van der Waals surface area contributed by atoms with Crippen LogP contribution in [0.4, 0.5) is 0 Å². The number of hydrogen-bond acceptors (Lipinski definition) is 6. The minimum absolute atomic E-state index is 0.0731. The average molecular weight is 867 g/mol. The van der Waals surface area contributed by atoms with Gasteiger partial charge in [0.05, 0.1) is 0 Å². The van der Waals surface area contributed by atoms with Gasteiger partial charge < -0.3 is 14.2 Å². The number of allylic oxidation sites excluding steroid dienone is 10. The first-order valence-corrected chi connectivity index (χ1v) is 26.3. The lowest BCUT2D eigenvalue weighted by Gasteiger charge is -2.18. The molecule has 0 aromatic carbocycles. The van der Waals surface area contributed by atoms with Gasteiger partial charge in [0.15, 0.2) is 6.10 Å². The molecule has 62 heavy (non-hydrogen) atoms. The summed E-state index contributed by atoms with van der Waals surface area (Å²) < 4.78 is 16.7. The fourth-order valence-corrected chi connectivity index (χ4v) is 7.35. The van der Waals surface area contributed by atoms with Gasteiger partial charge in [-0.2, -0.15) is 0 Å². The number of carbonyl (C=O) groups is 3. The van der Waals surface area contributed by atoms with Crippen molar-refractivity contribution in [1.29, 1.82) is 0 Å². The molecule has 0 bridgehead atoms. The third-order valence-electron chi connectivity index (χ3n) is 11.3. The molecular weight excluding hydrogens is 769 g/mol. The Morgan fingerprint density at radius 3 is 0.984 bits per heavy atom. The Morgan fingerprint density at radius 1 is 0.339 bits per heavy atom. The van der Waals surface area contributed by atoms with Crippen LogP contribution in [-0.2, 0) is 28.6 Å². The highest BCUT2D eigenvalue weighted by atomic mass is 16.6. The van der Waals surface area contributed by atoms with Crippen molar-refractivity contribution >= 4 is 17.9 Å². The van der Waals surface area contributed by atoms with E-state index in [1.165, 1.54) is 122 Å². The molecular formula is C56H98O6. The number of carbonyl (C=O) groups excluding carboxylic acids is 3. The third-order valence-corrected chi connectivity index (χ3v) is 11.3. The molecule has 0 aromatic heterocycles. The minimum Gasteiger partial charge on any atom is -0.462 e. The van der Waals surface area contributed by atoms with Gasteiger partial charge in [0.1, 0.15) is 13.2 Å². The van der Waals surface area contributed by atoms with Crippen molar-refractivity contribution in [3.05, 3.63) is 60.8 Å². The van der Waals surface area contributed by atoms with Gasteiger partial charge in [-0.05, 0) is 64.2 Å². The molecule has 0 amide bonds. The lowest BCUT2D eigenvalue weighted by Crippen LogP contribution is -2.30. The maximum absolute atomic E-state index is 12.7. The lowest BCUT2D eigenvalue weighted by molar-refractivity contribution is -0.167. The Morgan fingerprint density at radius 2 is 0.629 bits per heavy atom. The number of ether oxygens (including phenoxy) is 3. The highest BCUT2D eigenvalue weighted by Gasteiger charge is 2.19. The zero-order valence-corrected chi connectivity index (χ0v) is 40.9. The molecule has 0 N–H and O–H groups in total. The van der Waals surface area contributed by atoms with Crippen molar-refractivity contribution < 1.29 is 28.6 Å². The molecule has 0 fully saturated rings. The summed E-state index contributed by atoms with van der Waals surface area (Å²) in [5, 5.41) is 0. The van der Waals surface area contributed by atoms with Gasteiger partial charge in [-0.1, -0.05) is 236 Å². The maximum atomic E-state index is 12.7. The van der Waals surface area contributed by atoms with Gasteiger partial charge in [-0.15, -0.1) is 0 Å². The summed E-state index contributed by atoms with van der Waals surface area (Å²) in [6.07, 6.45) is 62.5. The van der Waals surface area contributed by atoms with E-state index in [2.05, 4.69) is 81.5 Å². The van der Waals surface area contributed by atoms with Crippen LogP contribution in [0, 0.1) is 0 Å². The average Bonchev–Trinajstić information content (AvgIpc) is 3.27. The monoisotopic (exact) mass is 867 g/mol. The quantitative estimate of drug-likeness (QED) is 0.0262. The Hall–Kier alpha value is -2.89. The van der Waals surface area contributed by atoms with Crippen LogP contribution >= 0.6 is 0 Å². The van der Waals surface area contributed by atoms with Crippen LogP contribution < -0.4 is 0 Å². The molecule has 0 radical (unpaired) electrons. The van der Waals surface area contributed by atoms with E-state index in [1.54, 1.807) is 0 Å². The Balaban J connectivity index is 4.04. The van der Waals surface area contributed by atoms with E-state index in [0.29, 0.717) is 19.3 Å². The van der Waals surface area contributed by atoms with Crippen molar-refractivity contribution in [2.75, 3.05) is 13.2 Å². The summed E-state index contributed by atoms with van der Waals surface area (Å²) in [4.78, 5) is 37.6. The largest absolute Gasteiger partial charge is 0.462 e. The fourth-order valence-electron chi connectivity index (χ4n) is 7.35. The van der Waals surface area contributed by atoms with Crippen molar-refractivity contribution in [3.63, 3.8) is 0 Å². The smallest absolute Gasteiger partial charge is 0.306 e. The van der Waals surface area contributed by atoms with Crippen molar-refractivity contribution in [1.82, 2.24) is 0 Å². The van der Waals surface area contributed by atoms with Crippen LogP contribution in [-0.4, -0.2) is 37.2 Å². The van der Waals surface area contributed by atoms with E-state index in [0.717, 1.165) is 96.3 Å². The molecule has 6 heteroatoms. The molecule has 0 saturated carbocycles. The standard InChI is InChI=1S/C56H98O6/c1-4-7-10-13-15-17-19-21-22-23-24-25-26-27-28-29-30-31-32-33-34-35-37-38-40-43-46-49-55(58)61-52-53(51-60-54(57)48-45-42-12-9-6-3)62-56(59)50-47-44-41-39-36-20-18-16-14-11-8-5-2/h7,10,15,17,21-22,24-25,27-28,53H,4-6,8-9,11-14,16,18-20,23,26,29-52H2,1-3H3/b10-7-,17-15-,22-21-,25-24-,28-27-. The normalized spacial score (nSPS) is 12.5. The topological polar surface area (TPSA) is 78.9 Å². The van der Waals surface area contributed by atoms with Crippen molar-refractivity contribution in [3.8, 4) is 0 Å². The van der Waals surface area contributed by atoms with E-state index in [1.807, 2.05) is 0 Å². The van der Waals surface area contributed by atoms with Gasteiger partial charge in [-0.3, -0.25) is 14.4 Å². The first-order valence-electron chi connectivity index (χ1n) is 26.3. The van der Waals surface area contributed by atoms with E-state index >= 15 is 0 Å².